The van der Waals surface area contributed by atoms with Crippen molar-refractivity contribution < 1.29 is 8.81 Å². The van der Waals surface area contributed by atoms with E-state index in [1.54, 1.807) is 6.07 Å². The molecule has 7 heteroatoms. The Morgan fingerprint density at radius 2 is 2.09 bits per heavy atom. The van der Waals surface area contributed by atoms with Gasteiger partial charge in [0, 0.05) is 11.6 Å². The van der Waals surface area contributed by atoms with E-state index in [4.69, 9.17) is 9.68 Å². The molecule has 6 nitrogen and oxygen atoms in total. The van der Waals surface area contributed by atoms with Crippen molar-refractivity contribution in [1.29, 1.82) is 5.26 Å². The molecule has 2 heterocycles. The van der Waals surface area contributed by atoms with E-state index in [1.165, 1.54) is 12.1 Å². The predicted molar refractivity (Wildman–Crippen MR) is 81.0 cm³/mol. The Hall–Kier alpha value is -2.79. The number of hydrogen-bond donors (Lipinski definition) is 3. The van der Waals surface area contributed by atoms with Crippen LogP contribution in [0.5, 0.6) is 0 Å². The highest BCUT2D eigenvalue weighted by molar-refractivity contribution is 5.76. The van der Waals surface area contributed by atoms with E-state index in [0.29, 0.717) is 17.0 Å². The van der Waals surface area contributed by atoms with Gasteiger partial charge in [-0.15, -0.1) is 0 Å². The lowest BCUT2D eigenvalue weighted by Crippen LogP contribution is -2.32. The zero-order chi connectivity index (χ0) is 15.8. The number of nitriles is 1. The summed E-state index contributed by atoms with van der Waals surface area (Å²) in [5.41, 5.74) is 11.3. The first kappa shape index (κ1) is 13.8. The minimum atomic E-state index is -0.386. The van der Waals surface area contributed by atoms with Gasteiger partial charge in [0.25, 0.3) is 0 Å². The number of oxazole rings is 1. The molecule has 0 spiro atoms. The third kappa shape index (κ3) is 2.45. The minimum absolute atomic E-state index is 0.193. The van der Waals surface area contributed by atoms with Crippen molar-refractivity contribution in [2.75, 3.05) is 0 Å². The largest absolute Gasteiger partial charge is 0.436 e. The molecule has 1 fully saturated rings. The molecule has 0 amide bonds. The molecular formula is C16H12FN5O. The van der Waals surface area contributed by atoms with Crippen LogP contribution in [0.1, 0.15) is 11.6 Å². The second kappa shape index (κ2) is 5.44. The zero-order valence-corrected chi connectivity index (χ0v) is 11.9. The summed E-state index contributed by atoms with van der Waals surface area (Å²) in [6.45, 7) is 0. The van der Waals surface area contributed by atoms with Crippen molar-refractivity contribution in [2.45, 2.75) is 12.1 Å². The van der Waals surface area contributed by atoms with Crippen LogP contribution >= 0.6 is 0 Å². The van der Waals surface area contributed by atoms with Crippen molar-refractivity contribution in [3.63, 3.8) is 0 Å². The highest BCUT2D eigenvalue weighted by Crippen LogP contribution is 2.28. The van der Waals surface area contributed by atoms with Gasteiger partial charge in [-0.25, -0.2) is 20.2 Å². The lowest BCUT2D eigenvalue weighted by molar-refractivity contribution is 0.555. The van der Waals surface area contributed by atoms with Gasteiger partial charge in [-0.3, -0.25) is 0 Å². The summed E-state index contributed by atoms with van der Waals surface area (Å²) in [4.78, 5) is 4.33. The Morgan fingerprint density at radius 3 is 2.96 bits per heavy atom. The smallest absolute Gasteiger partial charge is 0.227 e. The van der Waals surface area contributed by atoms with Gasteiger partial charge in [0.1, 0.15) is 17.4 Å². The fourth-order valence-corrected chi connectivity index (χ4v) is 2.64. The van der Waals surface area contributed by atoms with E-state index in [9.17, 15) is 4.39 Å². The maximum atomic E-state index is 13.3. The number of halogens is 1. The van der Waals surface area contributed by atoms with Gasteiger partial charge >= 0.3 is 0 Å². The van der Waals surface area contributed by atoms with Gasteiger partial charge in [0.2, 0.25) is 5.89 Å². The van der Waals surface area contributed by atoms with Crippen LogP contribution in [-0.4, -0.2) is 11.0 Å². The topological polar surface area (TPSA) is 85.9 Å². The molecule has 1 aliphatic rings. The van der Waals surface area contributed by atoms with Crippen LogP contribution in [0.15, 0.2) is 46.9 Å². The molecule has 3 N–H and O–H groups in total. The Morgan fingerprint density at radius 1 is 1.17 bits per heavy atom. The van der Waals surface area contributed by atoms with Crippen molar-refractivity contribution in [1.82, 2.24) is 21.4 Å². The number of nitrogens with one attached hydrogen (secondary N) is 3. The normalized spacial score (nSPS) is 20.7. The van der Waals surface area contributed by atoms with Crippen molar-refractivity contribution >= 4 is 11.1 Å². The predicted octanol–water partition coefficient (Wildman–Crippen LogP) is 2.18. The van der Waals surface area contributed by atoms with E-state index in [-0.39, 0.29) is 17.9 Å². The fourth-order valence-electron chi connectivity index (χ4n) is 2.64. The standard InChI is InChI=1S/C16H12FN5O/c17-11-4-5-14-12(7-11)19-16(23-14)10-3-1-2-9(6-10)15-13(8-18)20-22-21-15/h1-7,13,15,20-22H. The number of rotatable bonds is 2. The van der Waals surface area contributed by atoms with Crippen molar-refractivity contribution in [2.24, 2.45) is 0 Å². The van der Waals surface area contributed by atoms with Gasteiger partial charge in [-0.05, 0) is 29.8 Å². The number of hydrazine groups is 2. The van der Waals surface area contributed by atoms with E-state index >= 15 is 0 Å². The lowest BCUT2D eigenvalue weighted by atomic mass is 9.99. The molecular weight excluding hydrogens is 297 g/mol. The Kier molecular flexibility index (Phi) is 3.28. The van der Waals surface area contributed by atoms with Crippen LogP contribution in [0.25, 0.3) is 22.6 Å². The summed E-state index contributed by atoms with van der Waals surface area (Å²) in [7, 11) is 0. The molecule has 4 rings (SSSR count). The van der Waals surface area contributed by atoms with Gasteiger partial charge in [0.15, 0.2) is 5.58 Å². The minimum Gasteiger partial charge on any atom is -0.436 e. The summed E-state index contributed by atoms with van der Waals surface area (Å²) >= 11 is 0. The van der Waals surface area contributed by atoms with Gasteiger partial charge in [-0.1, -0.05) is 12.1 Å². The molecule has 2 unspecified atom stereocenters. The summed E-state index contributed by atoms with van der Waals surface area (Å²) in [6, 6.07) is 13.4. The average molecular weight is 309 g/mol. The van der Waals surface area contributed by atoms with Crippen LogP contribution in [-0.2, 0) is 0 Å². The zero-order valence-electron chi connectivity index (χ0n) is 11.9. The third-order valence-electron chi connectivity index (χ3n) is 3.77. The van der Waals surface area contributed by atoms with Crippen molar-refractivity contribution in [3.05, 3.63) is 53.8 Å². The van der Waals surface area contributed by atoms with Crippen LogP contribution in [0.4, 0.5) is 4.39 Å². The molecule has 1 aliphatic heterocycles. The third-order valence-corrected chi connectivity index (χ3v) is 3.77. The first-order valence-corrected chi connectivity index (χ1v) is 7.07. The fraction of sp³-hybridized carbons (Fsp3) is 0.125. The molecule has 0 bridgehead atoms. The summed E-state index contributed by atoms with van der Waals surface area (Å²) in [6.07, 6.45) is 0. The van der Waals surface area contributed by atoms with Crippen molar-refractivity contribution in [3.8, 4) is 17.5 Å². The first-order valence-electron chi connectivity index (χ1n) is 7.07. The number of nitrogens with zero attached hydrogens (tertiary/aromatic N) is 2. The summed E-state index contributed by atoms with van der Waals surface area (Å²) in [5, 5.41) is 9.15. The highest BCUT2D eigenvalue weighted by atomic mass is 19.1. The molecule has 3 aromatic rings. The molecule has 1 aromatic heterocycles. The summed E-state index contributed by atoms with van der Waals surface area (Å²) < 4.78 is 18.9. The van der Waals surface area contributed by atoms with E-state index in [0.717, 1.165) is 11.1 Å². The molecule has 114 valence electrons. The number of benzene rings is 2. The molecule has 23 heavy (non-hydrogen) atoms. The second-order valence-corrected chi connectivity index (χ2v) is 5.25. The number of aromatic nitrogens is 1. The van der Waals surface area contributed by atoms with E-state index in [1.807, 2.05) is 24.3 Å². The van der Waals surface area contributed by atoms with Gasteiger partial charge in [-0.2, -0.15) is 10.8 Å². The summed E-state index contributed by atoms with van der Waals surface area (Å²) in [5.74, 6) is 0.0649. The SMILES string of the molecule is N#CC1NNNC1c1cccc(-c2nc3cc(F)ccc3o2)c1. The molecule has 0 saturated carbocycles. The quantitative estimate of drug-likeness (QED) is 0.673. The van der Waals surface area contributed by atoms with E-state index in [2.05, 4.69) is 27.4 Å². The Bertz CT molecular complexity index is 916. The van der Waals surface area contributed by atoms with Crippen LogP contribution < -0.4 is 16.4 Å². The lowest BCUT2D eigenvalue weighted by Gasteiger charge is -2.12. The first-order chi connectivity index (χ1) is 11.2. The second-order valence-electron chi connectivity index (χ2n) is 5.25. The monoisotopic (exact) mass is 309 g/mol. The van der Waals surface area contributed by atoms with Gasteiger partial charge < -0.3 is 4.42 Å². The van der Waals surface area contributed by atoms with Crippen LogP contribution in [0, 0.1) is 17.1 Å². The average Bonchev–Trinajstić information content (AvgIpc) is 3.21. The maximum absolute atomic E-state index is 13.3. The molecule has 2 atom stereocenters. The Labute approximate surface area is 130 Å². The van der Waals surface area contributed by atoms with Gasteiger partial charge in [0.05, 0.1) is 12.1 Å². The van der Waals surface area contributed by atoms with E-state index < -0.39 is 0 Å². The number of fused-ring (bicyclic) bond motifs is 1. The molecule has 2 aromatic carbocycles. The number of hydrogen-bond acceptors (Lipinski definition) is 6. The molecule has 1 saturated heterocycles. The molecule has 0 radical (unpaired) electrons. The highest BCUT2D eigenvalue weighted by Gasteiger charge is 2.28. The molecule has 0 aliphatic carbocycles. The van der Waals surface area contributed by atoms with Crippen LogP contribution in [0.3, 0.4) is 0 Å². The Balaban J connectivity index is 1.74. The van der Waals surface area contributed by atoms with Crippen LogP contribution in [0.2, 0.25) is 0 Å². The maximum Gasteiger partial charge on any atom is 0.227 e.